The zero-order valence-electron chi connectivity index (χ0n) is 15.4. The fraction of sp³-hybridized carbons (Fsp3) is 0.208. The highest BCUT2D eigenvalue weighted by molar-refractivity contribution is 5.98. The second-order valence-corrected chi connectivity index (χ2v) is 7.24. The number of fused-ring (bicyclic) bond motifs is 2. The molecule has 0 N–H and O–H groups in total. The number of nitrogens with zero attached hydrogens (tertiary/aromatic N) is 1. The lowest BCUT2D eigenvalue weighted by Crippen LogP contribution is -2.30. The van der Waals surface area contributed by atoms with Gasteiger partial charge in [-0.25, -0.2) is 4.57 Å². The summed E-state index contributed by atoms with van der Waals surface area (Å²) in [5.74, 6) is 0.546. The smallest absolute Gasteiger partial charge is 0.200 e. The average molecular weight is 326 g/mol. The van der Waals surface area contributed by atoms with Crippen LogP contribution in [0.2, 0.25) is 0 Å². The molecule has 0 amide bonds. The van der Waals surface area contributed by atoms with Gasteiger partial charge in [-0.1, -0.05) is 56.3 Å². The van der Waals surface area contributed by atoms with Crippen molar-refractivity contribution >= 4 is 21.5 Å². The summed E-state index contributed by atoms with van der Waals surface area (Å²) < 4.78 is 2.24. The van der Waals surface area contributed by atoms with Crippen molar-refractivity contribution in [1.29, 1.82) is 0 Å². The van der Waals surface area contributed by atoms with Gasteiger partial charge in [-0.05, 0) is 52.3 Å². The molecule has 4 aromatic rings. The molecule has 0 atom stereocenters. The van der Waals surface area contributed by atoms with Gasteiger partial charge in [0.25, 0.3) is 0 Å². The third kappa shape index (κ3) is 2.60. The number of benzene rings is 3. The first-order valence-electron chi connectivity index (χ1n) is 8.97. The zero-order valence-corrected chi connectivity index (χ0v) is 15.4. The van der Waals surface area contributed by atoms with Gasteiger partial charge in [-0.2, -0.15) is 0 Å². The highest BCUT2D eigenvalue weighted by Gasteiger charge is 2.18. The molecular weight excluding hydrogens is 302 g/mol. The summed E-state index contributed by atoms with van der Waals surface area (Å²) in [6.07, 6.45) is 2.18. The molecule has 3 aromatic carbocycles. The van der Waals surface area contributed by atoms with Crippen LogP contribution in [0.1, 0.15) is 30.9 Å². The molecule has 25 heavy (non-hydrogen) atoms. The second-order valence-electron chi connectivity index (χ2n) is 7.24. The van der Waals surface area contributed by atoms with Crippen molar-refractivity contribution in [2.75, 3.05) is 0 Å². The Morgan fingerprint density at radius 3 is 2.40 bits per heavy atom. The lowest BCUT2D eigenvalue weighted by Gasteiger charge is -2.12. The van der Waals surface area contributed by atoms with E-state index in [0.717, 1.165) is 0 Å². The van der Waals surface area contributed by atoms with Gasteiger partial charge in [0.2, 0.25) is 5.69 Å². The predicted molar refractivity (Wildman–Crippen MR) is 107 cm³/mol. The molecular formula is C24H24N+. The lowest BCUT2D eigenvalue weighted by atomic mass is 9.93. The van der Waals surface area contributed by atoms with Gasteiger partial charge in [0.1, 0.15) is 7.05 Å². The molecule has 0 saturated carbocycles. The molecule has 1 nitrogen and oxygen atoms in total. The standard InChI is InChI=1S/C24H24N/c1-16(2)19-10-12-23-20(15-19)13-14-25(4)24(23)22-11-9-18-7-5-6-8-21(18)17(22)3/h5-16H,1-4H3/q+1. The summed E-state index contributed by atoms with van der Waals surface area (Å²) in [7, 11) is 2.14. The van der Waals surface area contributed by atoms with Crippen LogP contribution in [0.3, 0.4) is 0 Å². The van der Waals surface area contributed by atoms with E-state index in [1.165, 1.54) is 43.9 Å². The molecule has 124 valence electrons. The van der Waals surface area contributed by atoms with Crippen molar-refractivity contribution in [1.82, 2.24) is 0 Å². The third-order valence-electron chi connectivity index (χ3n) is 5.28. The van der Waals surface area contributed by atoms with E-state index in [2.05, 4.69) is 99.2 Å². The van der Waals surface area contributed by atoms with Crippen molar-refractivity contribution in [2.45, 2.75) is 26.7 Å². The molecule has 0 bridgehead atoms. The number of hydrogen-bond acceptors (Lipinski definition) is 0. The van der Waals surface area contributed by atoms with E-state index in [1.54, 1.807) is 0 Å². The molecule has 0 spiro atoms. The normalized spacial score (nSPS) is 11.6. The molecule has 0 aliphatic heterocycles. The number of aryl methyl sites for hydroxylation is 2. The molecule has 1 aromatic heterocycles. The Morgan fingerprint density at radius 2 is 1.60 bits per heavy atom. The van der Waals surface area contributed by atoms with Crippen LogP contribution < -0.4 is 4.57 Å². The first-order chi connectivity index (χ1) is 12.1. The summed E-state index contributed by atoms with van der Waals surface area (Å²) >= 11 is 0. The number of hydrogen-bond donors (Lipinski definition) is 0. The van der Waals surface area contributed by atoms with Crippen LogP contribution in [0.25, 0.3) is 32.8 Å². The van der Waals surface area contributed by atoms with Crippen LogP contribution in [0.4, 0.5) is 0 Å². The summed E-state index contributed by atoms with van der Waals surface area (Å²) in [5, 5.41) is 5.25. The Hall–Kier alpha value is -2.67. The van der Waals surface area contributed by atoms with Crippen molar-refractivity contribution in [3.8, 4) is 11.3 Å². The highest BCUT2D eigenvalue weighted by Crippen LogP contribution is 2.33. The lowest BCUT2D eigenvalue weighted by molar-refractivity contribution is -0.659. The van der Waals surface area contributed by atoms with E-state index in [0.29, 0.717) is 5.92 Å². The van der Waals surface area contributed by atoms with Gasteiger partial charge < -0.3 is 0 Å². The number of aromatic nitrogens is 1. The Balaban J connectivity index is 2.03. The summed E-state index contributed by atoms with van der Waals surface area (Å²) in [4.78, 5) is 0. The summed E-state index contributed by atoms with van der Waals surface area (Å²) in [5.41, 5.74) is 5.33. The maximum Gasteiger partial charge on any atom is 0.220 e. The molecule has 0 unspecified atom stereocenters. The van der Waals surface area contributed by atoms with Gasteiger partial charge in [0, 0.05) is 6.07 Å². The van der Waals surface area contributed by atoms with Gasteiger partial charge in [-0.3, -0.25) is 0 Å². The Morgan fingerprint density at radius 1 is 0.800 bits per heavy atom. The Bertz CT molecular complexity index is 1090. The Kier molecular flexibility index (Phi) is 3.80. The average Bonchev–Trinajstić information content (AvgIpc) is 2.62. The van der Waals surface area contributed by atoms with Crippen LogP contribution >= 0.6 is 0 Å². The predicted octanol–water partition coefficient (Wildman–Crippen LogP) is 5.92. The van der Waals surface area contributed by atoms with Crippen LogP contribution in [0, 0.1) is 6.92 Å². The molecule has 0 aliphatic carbocycles. The van der Waals surface area contributed by atoms with Gasteiger partial charge in [0.05, 0.1) is 10.9 Å². The SMILES string of the molecule is Cc1c(-c2c3ccc(C(C)C)cc3cc[n+]2C)ccc2ccccc12. The molecule has 1 heterocycles. The Labute approximate surface area is 149 Å². The molecule has 0 radical (unpaired) electrons. The fourth-order valence-electron chi connectivity index (χ4n) is 3.77. The minimum atomic E-state index is 0.546. The minimum absolute atomic E-state index is 0.546. The van der Waals surface area contributed by atoms with E-state index in [1.807, 2.05) is 0 Å². The minimum Gasteiger partial charge on any atom is -0.200 e. The van der Waals surface area contributed by atoms with E-state index in [-0.39, 0.29) is 0 Å². The topological polar surface area (TPSA) is 3.88 Å². The van der Waals surface area contributed by atoms with E-state index < -0.39 is 0 Å². The van der Waals surface area contributed by atoms with Crippen LogP contribution in [-0.4, -0.2) is 0 Å². The van der Waals surface area contributed by atoms with E-state index in [4.69, 9.17) is 0 Å². The van der Waals surface area contributed by atoms with Crippen LogP contribution in [-0.2, 0) is 7.05 Å². The second kappa shape index (κ2) is 6.00. The van der Waals surface area contributed by atoms with Crippen molar-refractivity contribution < 1.29 is 4.57 Å². The van der Waals surface area contributed by atoms with Gasteiger partial charge in [0.15, 0.2) is 6.20 Å². The quantitative estimate of drug-likeness (QED) is 0.403. The zero-order chi connectivity index (χ0) is 17.6. The number of rotatable bonds is 2. The first kappa shape index (κ1) is 15.8. The number of pyridine rings is 1. The van der Waals surface area contributed by atoms with E-state index in [9.17, 15) is 0 Å². The third-order valence-corrected chi connectivity index (χ3v) is 5.28. The summed E-state index contributed by atoms with van der Waals surface area (Å²) in [6.45, 7) is 6.73. The van der Waals surface area contributed by atoms with E-state index >= 15 is 0 Å². The largest absolute Gasteiger partial charge is 0.220 e. The van der Waals surface area contributed by atoms with Crippen LogP contribution in [0.5, 0.6) is 0 Å². The molecule has 0 saturated heterocycles. The summed E-state index contributed by atoms with van der Waals surface area (Å²) in [6, 6.07) is 22.2. The van der Waals surface area contributed by atoms with Crippen molar-refractivity contribution in [3.63, 3.8) is 0 Å². The maximum absolute atomic E-state index is 2.33. The first-order valence-corrected chi connectivity index (χ1v) is 8.97. The monoisotopic (exact) mass is 326 g/mol. The van der Waals surface area contributed by atoms with Crippen molar-refractivity contribution in [2.24, 2.45) is 7.05 Å². The van der Waals surface area contributed by atoms with Gasteiger partial charge in [-0.15, -0.1) is 0 Å². The van der Waals surface area contributed by atoms with Gasteiger partial charge >= 0.3 is 0 Å². The fourth-order valence-corrected chi connectivity index (χ4v) is 3.77. The maximum atomic E-state index is 2.33. The highest BCUT2D eigenvalue weighted by atomic mass is 14.9. The molecule has 4 rings (SSSR count). The molecule has 0 fully saturated rings. The van der Waals surface area contributed by atoms with Crippen LogP contribution in [0.15, 0.2) is 66.9 Å². The van der Waals surface area contributed by atoms with Crippen molar-refractivity contribution in [3.05, 3.63) is 78.0 Å². The molecule has 1 heteroatoms. The molecule has 0 aliphatic rings.